The van der Waals surface area contributed by atoms with Crippen LogP contribution in [0.5, 0.6) is 0 Å². The number of carbonyl (C=O) groups is 1. The summed E-state index contributed by atoms with van der Waals surface area (Å²) in [5, 5.41) is 4.90. The highest BCUT2D eigenvalue weighted by Crippen LogP contribution is 2.38. The van der Waals surface area contributed by atoms with Crippen LogP contribution in [0.3, 0.4) is 0 Å². The SMILES string of the molecule is NCC1(CC(=O)NCc2cscn2)CCCCC1. The van der Waals surface area contributed by atoms with Crippen LogP contribution in [0.15, 0.2) is 10.9 Å². The smallest absolute Gasteiger partial charge is 0.220 e. The average molecular weight is 267 g/mol. The zero-order chi connectivity index (χ0) is 12.8. The van der Waals surface area contributed by atoms with Crippen LogP contribution in [0, 0.1) is 5.41 Å². The molecule has 1 aliphatic carbocycles. The zero-order valence-corrected chi connectivity index (χ0v) is 11.5. The van der Waals surface area contributed by atoms with Gasteiger partial charge in [-0.25, -0.2) is 4.98 Å². The Bertz CT molecular complexity index is 372. The molecule has 1 aromatic rings. The van der Waals surface area contributed by atoms with Gasteiger partial charge >= 0.3 is 0 Å². The van der Waals surface area contributed by atoms with Gasteiger partial charge in [0.05, 0.1) is 17.7 Å². The minimum atomic E-state index is 0.0460. The summed E-state index contributed by atoms with van der Waals surface area (Å²) >= 11 is 1.55. The first-order valence-corrected chi connectivity index (χ1v) is 7.52. The van der Waals surface area contributed by atoms with Gasteiger partial charge in [0.15, 0.2) is 0 Å². The number of nitrogens with two attached hydrogens (primary N) is 1. The monoisotopic (exact) mass is 267 g/mol. The Balaban J connectivity index is 1.81. The van der Waals surface area contributed by atoms with Crippen molar-refractivity contribution in [3.05, 3.63) is 16.6 Å². The highest BCUT2D eigenvalue weighted by molar-refractivity contribution is 7.07. The van der Waals surface area contributed by atoms with Crippen LogP contribution in [-0.4, -0.2) is 17.4 Å². The van der Waals surface area contributed by atoms with Gasteiger partial charge in [-0.1, -0.05) is 19.3 Å². The van der Waals surface area contributed by atoms with Gasteiger partial charge in [-0.3, -0.25) is 4.79 Å². The molecular formula is C13H21N3OS. The summed E-state index contributed by atoms with van der Waals surface area (Å²) in [5.74, 6) is 0.107. The summed E-state index contributed by atoms with van der Waals surface area (Å²) in [6.45, 7) is 1.15. The summed E-state index contributed by atoms with van der Waals surface area (Å²) < 4.78 is 0. The van der Waals surface area contributed by atoms with E-state index in [0.717, 1.165) is 18.5 Å². The Morgan fingerprint density at radius 3 is 2.83 bits per heavy atom. The fraction of sp³-hybridized carbons (Fsp3) is 0.692. The fourth-order valence-electron chi connectivity index (χ4n) is 2.67. The van der Waals surface area contributed by atoms with Crippen molar-refractivity contribution in [3.8, 4) is 0 Å². The predicted octanol–water partition coefficient (Wildman–Crippen LogP) is 2.06. The number of hydrogen-bond acceptors (Lipinski definition) is 4. The topological polar surface area (TPSA) is 68.0 Å². The van der Waals surface area contributed by atoms with Crippen LogP contribution in [0.4, 0.5) is 0 Å². The lowest BCUT2D eigenvalue weighted by Gasteiger charge is -2.35. The highest BCUT2D eigenvalue weighted by Gasteiger charge is 2.32. The van der Waals surface area contributed by atoms with Gasteiger partial charge in [-0.2, -0.15) is 0 Å². The largest absolute Gasteiger partial charge is 0.350 e. The van der Waals surface area contributed by atoms with Crippen molar-refractivity contribution in [2.75, 3.05) is 6.54 Å². The zero-order valence-electron chi connectivity index (χ0n) is 10.7. The minimum absolute atomic E-state index is 0.0460. The molecule has 0 atom stereocenters. The number of carbonyl (C=O) groups excluding carboxylic acids is 1. The summed E-state index contributed by atoms with van der Waals surface area (Å²) in [6, 6.07) is 0. The maximum atomic E-state index is 12.0. The molecule has 1 amide bonds. The number of nitrogens with one attached hydrogen (secondary N) is 1. The summed E-state index contributed by atoms with van der Waals surface area (Å²) in [5.41, 5.74) is 8.64. The number of nitrogens with zero attached hydrogens (tertiary/aromatic N) is 1. The molecule has 1 saturated carbocycles. The van der Waals surface area contributed by atoms with Crippen LogP contribution >= 0.6 is 11.3 Å². The van der Waals surface area contributed by atoms with Crippen molar-refractivity contribution in [2.45, 2.75) is 45.1 Å². The molecule has 0 aromatic carbocycles. The van der Waals surface area contributed by atoms with Crippen molar-refractivity contribution in [2.24, 2.45) is 11.1 Å². The molecule has 0 radical (unpaired) electrons. The van der Waals surface area contributed by atoms with Crippen molar-refractivity contribution < 1.29 is 4.79 Å². The first kappa shape index (κ1) is 13.5. The van der Waals surface area contributed by atoms with Crippen LogP contribution in [0.2, 0.25) is 0 Å². The fourth-order valence-corrected chi connectivity index (χ4v) is 3.23. The summed E-state index contributed by atoms with van der Waals surface area (Å²) in [7, 11) is 0. The molecule has 0 aliphatic heterocycles. The van der Waals surface area contributed by atoms with Crippen molar-refractivity contribution in [1.29, 1.82) is 0 Å². The molecule has 3 N–H and O–H groups in total. The molecule has 1 fully saturated rings. The number of rotatable bonds is 5. The molecular weight excluding hydrogens is 246 g/mol. The molecule has 4 nitrogen and oxygen atoms in total. The molecule has 0 spiro atoms. The minimum Gasteiger partial charge on any atom is -0.350 e. The third-order valence-corrected chi connectivity index (χ3v) is 4.47. The standard InChI is InChI=1S/C13H21N3OS/c14-9-13(4-2-1-3-5-13)6-12(17)15-7-11-8-18-10-16-11/h8,10H,1-7,9,14H2,(H,15,17). The van der Waals surface area contributed by atoms with Gasteiger partial charge in [0.1, 0.15) is 0 Å². The second-order valence-electron chi connectivity index (χ2n) is 5.20. The van der Waals surface area contributed by atoms with E-state index >= 15 is 0 Å². The number of amides is 1. The van der Waals surface area contributed by atoms with E-state index in [0.29, 0.717) is 19.5 Å². The average Bonchev–Trinajstić information content (AvgIpc) is 2.91. The molecule has 2 rings (SSSR count). The highest BCUT2D eigenvalue weighted by atomic mass is 32.1. The van der Waals surface area contributed by atoms with Crippen molar-refractivity contribution >= 4 is 17.2 Å². The quantitative estimate of drug-likeness (QED) is 0.858. The summed E-state index contributed by atoms with van der Waals surface area (Å²) in [4.78, 5) is 16.1. The molecule has 0 unspecified atom stereocenters. The molecule has 1 heterocycles. The molecule has 0 bridgehead atoms. The van der Waals surface area contributed by atoms with E-state index in [-0.39, 0.29) is 11.3 Å². The first-order valence-electron chi connectivity index (χ1n) is 6.58. The van der Waals surface area contributed by atoms with Crippen LogP contribution in [0.1, 0.15) is 44.2 Å². The van der Waals surface area contributed by atoms with E-state index in [9.17, 15) is 4.79 Å². The van der Waals surface area contributed by atoms with Crippen molar-refractivity contribution in [1.82, 2.24) is 10.3 Å². The van der Waals surface area contributed by atoms with Gasteiger partial charge in [0.2, 0.25) is 5.91 Å². The van der Waals surface area contributed by atoms with E-state index in [1.54, 1.807) is 16.8 Å². The Morgan fingerprint density at radius 1 is 1.44 bits per heavy atom. The Labute approximate surface area is 112 Å². The number of hydrogen-bond donors (Lipinski definition) is 2. The maximum absolute atomic E-state index is 12.0. The number of aromatic nitrogens is 1. The summed E-state index contributed by atoms with van der Waals surface area (Å²) in [6.07, 6.45) is 6.43. The third-order valence-electron chi connectivity index (χ3n) is 3.83. The van der Waals surface area contributed by atoms with E-state index < -0.39 is 0 Å². The normalized spacial score (nSPS) is 18.5. The predicted molar refractivity (Wildman–Crippen MR) is 73.2 cm³/mol. The van der Waals surface area contributed by atoms with E-state index in [1.165, 1.54) is 19.3 Å². The van der Waals surface area contributed by atoms with Crippen LogP contribution in [-0.2, 0) is 11.3 Å². The molecule has 18 heavy (non-hydrogen) atoms. The number of thiazole rings is 1. The van der Waals surface area contributed by atoms with Gasteiger partial charge in [-0.15, -0.1) is 11.3 Å². The molecule has 1 aliphatic rings. The van der Waals surface area contributed by atoms with Crippen LogP contribution < -0.4 is 11.1 Å². The van der Waals surface area contributed by atoms with Crippen molar-refractivity contribution in [3.63, 3.8) is 0 Å². The Hall–Kier alpha value is -0.940. The first-order chi connectivity index (χ1) is 8.74. The van der Waals surface area contributed by atoms with Gasteiger partial charge in [0.25, 0.3) is 0 Å². The lowest BCUT2D eigenvalue weighted by molar-refractivity contribution is -0.124. The van der Waals surface area contributed by atoms with E-state index in [2.05, 4.69) is 10.3 Å². The second kappa shape index (κ2) is 6.29. The molecule has 5 heteroatoms. The van der Waals surface area contributed by atoms with E-state index in [4.69, 9.17) is 5.73 Å². The molecule has 0 saturated heterocycles. The van der Waals surface area contributed by atoms with E-state index in [1.807, 2.05) is 5.38 Å². The Morgan fingerprint density at radius 2 is 2.22 bits per heavy atom. The Kier molecular flexibility index (Phi) is 4.72. The lowest BCUT2D eigenvalue weighted by Crippen LogP contribution is -2.38. The molecule has 100 valence electrons. The maximum Gasteiger partial charge on any atom is 0.220 e. The van der Waals surface area contributed by atoms with Gasteiger partial charge < -0.3 is 11.1 Å². The van der Waals surface area contributed by atoms with Gasteiger partial charge in [0, 0.05) is 11.8 Å². The third kappa shape index (κ3) is 3.53. The second-order valence-corrected chi connectivity index (χ2v) is 5.92. The lowest BCUT2D eigenvalue weighted by atomic mass is 9.71. The van der Waals surface area contributed by atoms with Gasteiger partial charge in [-0.05, 0) is 24.8 Å². The van der Waals surface area contributed by atoms with Crippen LogP contribution in [0.25, 0.3) is 0 Å². The molecule has 1 aromatic heterocycles.